The molecule has 0 bridgehead atoms. The molecule has 1 spiro atoms. The lowest BCUT2D eigenvalue weighted by molar-refractivity contribution is -0.136. The first kappa shape index (κ1) is 11.3. The van der Waals surface area contributed by atoms with Gasteiger partial charge in [0.25, 0.3) is 0 Å². The van der Waals surface area contributed by atoms with Gasteiger partial charge >= 0.3 is 0 Å². The van der Waals surface area contributed by atoms with Gasteiger partial charge in [0.15, 0.2) is 0 Å². The number of nitrogens with one attached hydrogen (secondary N) is 1. The second-order valence-corrected chi connectivity index (χ2v) is 5.48. The van der Waals surface area contributed by atoms with Gasteiger partial charge in [0.1, 0.15) is 5.76 Å². The zero-order valence-corrected chi connectivity index (χ0v) is 10.4. The third-order valence-electron chi connectivity index (χ3n) is 4.21. The molecule has 0 amide bonds. The average Bonchev–Trinajstić information content (AvgIpc) is 2.81. The van der Waals surface area contributed by atoms with E-state index in [2.05, 4.69) is 12.2 Å². The van der Waals surface area contributed by atoms with E-state index in [-0.39, 0.29) is 5.60 Å². The minimum atomic E-state index is 0.221. The Morgan fingerprint density at radius 2 is 2.35 bits per heavy atom. The second kappa shape index (κ2) is 4.46. The second-order valence-electron chi connectivity index (χ2n) is 5.48. The summed E-state index contributed by atoms with van der Waals surface area (Å²) in [6.07, 6.45) is 7.86. The standard InChI is InChI=1S/C14H21NO2/c1-11(13-4-2-8-16-13)15-12-5-9-17-14(10-12)6-3-7-14/h2,4,8,11-12,15H,3,5-7,9-10H2,1H3. The molecule has 3 heteroatoms. The van der Waals surface area contributed by atoms with Crippen LogP contribution in [0, 0.1) is 0 Å². The maximum absolute atomic E-state index is 5.94. The Hall–Kier alpha value is -0.800. The molecule has 3 nitrogen and oxygen atoms in total. The van der Waals surface area contributed by atoms with E-state index in [1.807, 2.05) is 12.1 Å². The average molecular weight is 235 g/mol. The van der Waals surface area contributed by atoms with Crippen LogP contribution in [0.25, 0.3) is 0 Å². The summed E-state index contributed by atoms with van der Waals surface area (Å²) in [5, 5.41) is 3.67. The van der Waals surface area contributed by atoms with Crippen molar-refractivity contribution in [1.29, 1.82) is 0 Å². The van der Waals surface area contributed by atoms with Crippen LogP contribution in [0.3, 0.4) is 0 Å². The van der Waals surface area contributed by atoms with Crippen LogP contribution in [0.2, 0.25) is 0 Å². The highest BCUT2D eigenvalue weighted by atomic mass is 16.5. The molecule has 1 N–H and O–H groups in total. The fourth-order valence-electron chi connectivity index (χ4n) is 3.06. The van der Waals surface area contributed by atoms with Crippen molar-refractivity contribution in [2.24, 2.45) is 0 Å². The van der Waals surface area contributed by atoms with Crippen molar-refractivity contribution in [3.63, 3.8) is 0 Å². The van der Waals surface area contributed by atoms with Crippen LogP contribution in [-0.4, -0.2) is 18.2 Å². The molecule has 2 atom stereocenters. The van der Waals surface area contributed by atoms with Crippen LogP contribution in [0.4, 0.5) is 0 Å². The zero-order chi connectivity index (χ0) is 11.7. The summed E-state index contributed by atoms with van der Waals surface area (Å²) in [4.78, 5) is 0. The van der Waals surface area contributed by atoms with E-state index in [1.165, 1.54) is 19.3 Å². The van der Waals surface area contributed by atoms with E-state index < -0.39 is 0 Å². The van der Waals surface area contributed by atoms with Gasteiger partial charge in [-0.2, -0.15) is 0 Å². The monoisotopic (exact) mass is 235 g/mol. The van der Waals surface area contributed by atoms with Crippen LogP contribution in [0.1, 0.15) is 50.8 Å². The fourth-order valence-corrected chi connectivity index (χ4v) is 3.06. The van der Waals surface area contributed by atoms with Gasteiger partial charge in [-0.05, 0) is 51.2 Å². The zero-order valence-electron chi connectivity index (χ0n) is 10.4. The lowest BCUT2D eigenvalue weighted by Gasteiger charge is -2.47. The largest absolute Gasteiger partial charge is 0.468 e. The van der Waals surface area contributed by atoms with Crippen molar-refractivity contribution < 1.29 is 9.15 Å². The quantitative estimate of drug-likeness (QED) is 0.874. The van der Waals surface area contributed by atoms with Gasteiger partial charge in [0.05, 0.1) is 17.9 Å². The molecule has 2 heterocycles. The van der Waals surface area contributed by atoms with E-state index >= 15 is 0 Å². The predicted molar refractivity (Wildman–Crippen MR) is 65.8 cm³/mol. The fraction of sp³-hybridized carbons (Fsp3) is 0.714. The molecule has 1 aromatic heterocycles. The van der Waals surface area contributed by atoms with Crippen LogP contribution in [0.5, 0.6) is 0 Å². The highest BCUT2D eigenvalue weighted by molar-refractivity contribution is 5.04. The Labute approximate surface area is 103 Å². The van der Waals surface area contributed by atoms with Gasteiger partial charge in [0, 0.05) is 12.6 Å². The van der Waals surface area contributed by atoms with Crippen molar-refractivity contribution in [1.82, 2.24) is 5.32 Å². The van der Waals surface area contributed by atoms with Crippen LogP contribution in [-0.2, 0) is 4.74 Å². The van der Waals surface area contributed by atoms with E-state index in [0.29, 0.717) is 12.1 Å². The summed E-state index contributed by atoms with van der Waals surface area (Å²) >= 11 is 0. The first-order valence-corrected chi connectivity index (χ1v) is 6.71. The maximum Gasteiger partial charge on any atom is 0.120 e. The molecule has 1 aliphatic carbocycles. The molecule has 1 saturated carbocycles. The molecule has 3 rings (SSSR count). The molecule has 2 aliphatic rings. The maximum atomic E-state index is 5.94. The van der Waals surface area contributed by atoms with Gasteiger partial charge < -0.3 is 14.5 Å². The molecule has 0 radical (unpaired) electrons. The number of rotatable bonds is 3. The Kier molecular flexibility index (Phi) is 2.97. The molecule has 1 aliphatic heterocycles. The molecule has 0 aromatic carbocycles. The van der Waals surface area contributed by atoms with Gasteiger partial charge in [-0.3, -0.25) is 0 Å². The van der Waals surface area contributed by atoms with E-state index in [0.717, 1.165) is 25.2 Å². The molecule has 94 valence electrons. The van der Waals surface area contributed by atoms with Crippen molar-refractivity contribution in [3.8, 4) is 0 Å². The third-order valence-corrected chi connectivity index (χ3v) is 4.21. The lowest BCUT2D eigenvalue weighted by Crippen LogP contribution is -2.51. The molecule has 17 heavy (non-hydrogen) atoms. The van der Waals surface area contributed by atoms with Gasteiger partial charge in [-0.25, -0.2) is 0 Å². The van der Waals surface area contributed by atoms with Crippen molar-refractivity contribution >= 4 is 0 Å². The summed E-state index contributed by atoms with van der Waals surface area (Å²) in [6, 6.07) is 4.86. The number of hydrogen-bond acceptors (Lipinski definition) is 3. The topological polar surface area (TPSA) is 34.4 Å². The van der Waals surface area contributed by atoms with Crippen molar-refractivity contribution in [2.75, 3.05) is 6.61 Å². The van der Waals surface area contributed by atoms with Gasteiger partial charge in [-0.1, -0.05) is 0 Å². The van der Waals surface area contributed by atoms with Crippen LogP contribution in [0.15, 0.2) is 22.8 Å². The summed E-state index contributed by atoms with van der Waals surface area (Å²) in [7, 11) is 0. The lowest BCUT2D eigenvalue weighted by atomic mass is 9.74. The van der Waals surface area contributed by atoms with Crippen molar-refractivity contribution in [2.45, 2.75) is 56.7 Å². The molecular formula is C14H21NO2. The Morgan fingerprint density at radius 1 is 1.47 bits per heavy atom. The highest BCUT2D eigenvalue weighted by Crippen LogP contribution is 2.42. The SMILES string of the molecule is CC(NC1CCOC2(CCC2)C1)c1ccco1. The molecule has 1 saturated heterocycles. The summed E-state index contributed by atoms with van der Waals surface area (Å²) in [5.41, 5.74) is 0.221. The minimum absolute atomic E-state index is 0.221. The van der Waals surface area contributed by atoms with E-state index in [1.54, 1.807) is 6.26 Å². The van der Waals surface area contributed by atoms with Crippen LogP contribution < -0.4 is 5.32 Å². The minimum Gasteiger partial charge on any atom is -0.468 e. The van der Waals surface area contributed by atoms with Gasteiger partial charge in [-0.15, -0.1) is 0 Å². The van der Waals surface area contributed by atoms with Crippen molar-refractivity contribution in [3.05, 3.63) is 24.2 Å². The first-order chi connectivity index (χ1) is 8.27. The molecule has 1 aromatic rings. The molecule has 2 unspecified atom stereocenters. The molecule has 2 fully saturated rings. The van der Waals surface area contributed by atoms with E-state index in [4.69, 9.17) is 9.15 Å². The number of ether oxygens (including phenoxy) is 1. The Balaban J connectivity index is 1.58. The number of furan rings is 1. The van der Waals surface area contributed by atoms with Gasteiger partial charge in [0.2, 0.25) is 0 Å². The summed E-state index contributed by atoms with van der Waals surface area (Å²) in [5.74, 6) is 1.03. The summed E-state index contributed by atoms with van der Waals surface area (Å²) < 4.78 is 11.4. The predicted octanol–water partition coefficient (Wildman–Crippen LogP) is 3.03. The first-order valence-electron chi connectivity index (χ1n) is 6.71. The Bertz CT molecular complexity index is 356. The smallest absolute Gasteiger partial charge is 0.120 e. The highest BCUT2D eigenvalue weighted by Gasteiger charge is 2.42. The normalized spacial score (nSPS) is 28.9. The van der Waals surface area contributed by atoms with Crippen LogP contribution >= 0.6 is 0 Å². The third kappa shape index (κ3) is 2.26. The van der Waals surface area contributed by atoms with E-state index in [9.17, 15) is 0 Å². The Morgan fingerprint density at radius 3 is 3.00 bits per heavy atom. The summed E-state index contributed by atoms with van der Waals surface area (Å²) in [6.45, 7) is 3.07. The number of hydrogen-bond donors (Lipinski definition) is 1. The molecular weight excluding hydrogens is 214 g/mol.